The molecule has 0 saturated carbocycles. The quantitative estimate of drug-likeness (QED) is 0.565. The number of carbonyl (C=O) groups excluding carboxylic acids is 1. The van der Waals surface area contributed by atoms with E-state index in [2.05, 4.69) is 10.3 Å². The Bertz CT molecular complexity index is 861. The van der Waals surface area contributed by atoms with Crippen LogP contribution in [0.5, 0.6) is 5.75 Å². The van der Waals surface area contributed by atoms with Crippen molar-refractivity contribution in [1.29, 1.82) is 0 Å². The van der Waals surface area contributed by atoms with E-state index in [9.17, 15) is 4.79 Å². The van der Waals surface area contributed by atoms with Crippen molar-refractivity contribution in [3.05, 3.63) is 59.5 Å². The summed E-state index contributed by atoms with van der Waals surface area (Å²) in [6.07, 6.45) is 0. The zero-order valence-electron chi connectivity index (χ0n) is 14.7. The highest BCUT2D eigenvalue weighted by molar-refractivity contribution is 8.00. The molecule has 0 aliphatic rings. The summed E-state index contributed by atoms with van der Waals surface area (Å²) in [7, 11) is 0. The molecule has 0 fully saturated rings. The van der Waals surface area contributed by atoms with Gasteiger partial charge in [0.25, 0.3) is 0 Å². The van der Waals surface area contributed by atoms with Crippen LogP contribution in [0.3, 0.4) is 0 Å². The molecule has 0 unspecified atom stereocenters. The Labute approximate surface area is 161 Å². The summed E-state index contributed by atoms with van der Waals surface area (Å²) in [5.74, 6) is 1.16. The van der Waals surface area contributed by atoms with Crippen LogP contribution in [-0.2, 0) is 4.79 Å². The van der Waals surface area contributed by atoms with E-state index in [4.69, 9.17) is 4.74 Å². The minimum atomic E-state index is -0.0501. The summed E-state index contributed by atoms with van der Waals surface area (Å²) < 4.78 is 5.47. The van der Waals surface area contributed by atoms with Crippen LogP contribution in [0.15, 0.2) is 59.5 Å². The number of hydrogen-bond acceptors (Lipinski definition) is 5. The maximum Gasteiger partial charge on any atom is 0.236 e. The van der Waals surface area contributed by atoms with Gasteiger partial charge in [-0.15, -0.1) is 23.1 Å². The minimum Gasteiger partial charge on any atom is -0.494 e. The average Bonchev–Trinajstić information content (AvgIpc) is 3.02. The number of benzene rings is 2. The van der Waals surface area contributed by atoms with Crippen molar-refractivity contribution >= 4 is 34.1 Å². The van der Waals surface area contributed by atoms with E-state index in [0.717, 1.165) is 26.8 Å². The summed E-state index contributed by atoms with van der Waals surface area (Å²) in [4.78, 5) is 18.9. The molecule has 26 heavy (non-hydrogen) atoms. The summed E-state index contributed by atoms with van der Waals surface area (Å²) in [5.41, 5.74) is 1.91. The molecule has 0 atom stereocenters. The first-order valence-corrected chi connectivity index (χ1v) is 10.1. The number of aryl methyl sites for hydroxylation is 1. The Balaban J connectivity index is 1.63. The van der Waals surface area contributed by atoms with E-state index in [1.54, 1.807) is 0 Å². The molecule has 0 aliphatic carbocycles. The molecule has 0 aliphatic heterocycles. The van der Waals surface area contributed by atoms with E-state index in [1.807, 2.05) is 68.4 Å². The molecule has 0 bridgehead atoms. The van der Waals surface area contributed by atoms with Gasteiger partial charge in [-0.25, -0.2) is 4.98 Å². The van der Waals surface area contributed by atoms with Crippen molar-refractivity contribution in [2.75, 3.05) is 17.7 Å². The van der Waals surface area contributed by atoms with Crippen molar-refractivity contribution in [2.24, 2.45) is 0 Å². The van der Waals surface area contributed by atoms with Gasteiger partial charge in [-0.3, -0.25) is 4.79 Å². The van der Waals surface area contributed by atoms with Gasteiger partial charge in [0.1, 0.15) is 5.75 Å². The third kappa shape index (κ3) is 4.86. The second-order valence-electron chi connectivity index (χ2n) is 5.53. The highest BCUT2D eigenvalue weighted by Gasteiger charge is 2.12. The van der Waals surface area contributed by atoms with E-state index in [-0.39, 0.29) is 5.91 Å². The number of carbonyl (C=O) groups is 1. The van der Waals surface area contributed by atoms with Gasteiger partial charge in [-0.2, -0.15) is 0 Å². The smallest absolute Gasteiger partial charge is 0.236 e. The third-order valence-corrected chi connectivity index (χ3v) is 5.49. The van der Waals surface area contributed by atoms with Gasteiger partial charge in [0.05, 0.1) is 18.1 Å². The Morgan fingerprint density at radius 2 is 1.88 bits per heavy atom. The number of nitrogens with one attached hydrogen (secondary N) is 1. The number of ether oxygens (including phenoxy) is 1. The number of hydrogen-bond donors (Lipinski definition) is 1. The molecule has 1 N–H and O–H groups in total. The predicted octanol–water partition coefficient (Wildman–Crippen LogP) is 5.25. The average molecular weight is 385 g/mol. The van der Waals surface area contributed by atoms with Crippen molar-refractivity contribution in [3.63, 3.8) is 0 Å². The first kappa shape index (κ1) is 18.5. The lowest BCUT2D eigenvalue weighted by molar-refractivity contribution is -0.113. The summed E-state index contributed by atoms with van der Waals surface area (Å²) in [6.45, 7) is 4.62. The topological polar surface area (TPSA) is 51.2 Å². The number of amides is 1. The Hall–Kier alpha value is -2.31. The van der Waals surface area contributed by atoms with Crippen LogP contribution in [0.25, 0.3) is 11.3 Å². The van der Waals surface area contributed by atoms with Gasteiger partial charge in [0.15, 0.2) is 5.13 Å². The second kappa shape index (κ2) is 8.87. The van der Waals surface area contributed by atoms with Crippen molar-refractivity contribution in [2.45, 2.75) is 18.7 Å². The molecule has 0 saturated heterocycles. The number of thiazole rings is 1. The van der Waals surface area contributed by atoms with E-state index < -0.39 is 0 Å². The highest BCUT2D eigenvalue weighted by Crippen LogP contribution is 2.31. The van der Waals surface area contributed by atoms with Crippen LogP contribution in [0.2, 0.25) is 0 Å². The molecule has 1 amide bonds. The van der Waals surface area contributed by atoms with Crippen LogP contribution in [0, 0.1) is 6.92 Å². The van der Waals surface area contributed by atoms with Crippen molar-refractivity contribution in [1.82, 2.24) is 4.98 Å². The maximum absolute atomic E-state index is 12.2. The Kier molecular flexibility index (Phi) is 6.30. The Morgan fingerprint density at radius 1 is 1.15 bits per heavy atom. The first-order chi connectivity index (χ1) is 12.7. The predicted molar refractivity (Wildman–Crippen MR) is 109 cm³/mol. The van der Waals surface area contributed by atoms with E-state index >= 15 is 0 Å². The van der Waals surface area contributed by atoms with E-state index in [0.29, 0.717) is 17.5 Å². The van der Waals surface area contributed by atoms with Crippen LogP contribution < -0.4 is 10.1 Å². The van der Waals surface area contributed by atoms with Gasteiger partial charge in [-0.05, 0) is 50.2 Å². The summed E-state index contributed by atoms with van der Waals surface area (Å²) >= 11 is 3.00. The largest absolute Gasteiger partial charge is 0.494 e. The van der Waals surface area contributed by atoms with Crippen molar-refractivity contribution in [3.8, 4) is 17.0 Å². The monoisotopic (exact) mass is 384 g/mol. The number of aromatic nitrogens is 1. The zero-order valence-corrected chi connectivity index (χ0v) is 16.3. The fourth-order valence-electron chi connectivity index (χ4n) is 2.41. The van der Waals surface area contributed by atoms with Gasteiger partial charge in [0.2, 0.25) is 5.91 Å². The normalized spacial score (nSPS) is 10.5. The summed E-state index contributed by atoms with van der Waals surface area (Å²) in [5, 5.41) is 3.53. The lowest BCUT2D eigenvalue weighted by atomic mass is 10.1. The molecule has 2 aromatic carbocycles. The molecular formula is C20H20N2O2S2. The Morgan fingerprint density at radius 3 is 2.58 bits per heavy atom. The van der Waals surface area contributed by atoms with Crippen LogP contribution in [-0.4, -0.2) is 23.3 Å². The number of anilines is 1. The van der Waals surface area contributed by atoms with Crippen LogP contribution in [0.1, 0.15) is 11.8 Å². The second-order valence-corrected chi connectivity index (χ2v) is 7.78. The molecule has 3 aromatic rings. The molecular weight excluding hydrogens is 364 g/mol. The maximum atomic E-state index is 12.2. The van der Waals surface area contributed by atoms with Crippen molar-refractivity contribution < 1.29 is 9.53 Å². The molecule has 134 valence electrons. The molecule has 0 spiro atoms. The van der Waals surface area contributed by atoms with Gasteiger partial charge in [0, 0.05) is 15.3 Å². The molecule has 6 heteroatoms. The zero-order chi connectivity index (χ0) is 18.4. The fourth-order valence-corrected chi connectivity index (χ4v) is 3.99. The van der Waals surface area contributed by atoms with Gasteiger partial charge >= 0.3 is 0 Å². The lowest BCUT2D eigenvalue weighted by Crippen LogP contribution is -2.13. The van der Waals surface area contributed by atoms with Gasteiger partial charge in [-0.1, -0.05) is 18.2 Å². The van der Waals surface area contributed by atoms with Crippen LogP contribution >= 0.6 is 23.1 Å². The number of rotatable bonds is 7. The molecule has 1 aromatic heterocycles. The number of thioether (sulfide) groups is 1. The van der Waals surface area contributed by atoms with E-state index in [1.165, 1.54) is 23.1 Å². The highest BCUT2D eigenvalue weighted by atomic mass is 32.2. The SMILES string of the molecule is CCOc1ccc(-c2nc(NC(=O)CSc3ccccc3)sc2C)cc1. The summed E-state index contributed by atoms with van der Waals surface area (Å²) in [6, 6.07) is 17.7. The third-order valence-electron chi connectivity index (χ3n) is 3.59. The molecule has 4 nitrogen and oxygen atoms in total. The standard InChI is InChI=1S/C20H20N2O2S2/c1-3-24-16-11-9-15(10-12-16)19-14(2)26-20(22-19)21-18(23)13-25-17-7-5-4-6-8-17/h4-12H,3,13H2,1-2H3,(H,21,22,23). The van der Waals surface area contributed by atoms with Gasteiger partial charge < -0.3 is 10.1 Å². The molecule has 1 heterocycles. The fraction of sp³-hybridized carbons (Fsp3) is 0.200. The van der Waals surface area contributed by atoms with Crippen LogP contribution in [0.4, 0.5) is 5.13 Å². The minimum absolute atomic E-state index is 0.0501. The molecule has 3 rings (SSSR count). The lowest BCUT2D eigenvalue weighted by Gasteiger charge is -2.04. The molecule has 0 radical (unpaired) electrons. The number of nitrogens with zero attached hydrogens (tertiary/aromatic N) is 1. The first-order valence-electron chi connectivity index (χ1n) is 8.34.